The molecule has 1 unspecified atom stereocenters. The van der Waals surface area contributed by atoms with Crippen molar-refractivity contribution in [3.63, 3.8) is 0 Å². The molecule has 1 aliphatic rings. The van der Waals surface area contributed by atoms with E-state index in [1.54, 1.807) is 36.1 Å². The maximum absolute atomic E-state index is 12.4. The Morgan fingerprint density at radius 1 is 1.33 bits per heavy atom. The largest absolute Gasteiger partial charge is 0.508 e. The zero-order chi connectivity index (χ0) is 15.2. The molecule has 1 heterocycles. The summed E-state index contributed by atoms with van der Waals surface area (Å²) in [6, 6.07) is 6.28. The Morgan fingerprint density at radius 2 is 2.10 bits per heavy atom. The number of hydrogen-bond donors (Lipinski definition) is 1. The molecule has 5 nitrogen and oxygen atoms in total. The van der Waals surface area contributed by atoms with Gasteiger partial charge in [-0.05, 0) is 32.3 Å². The second kappa shape index (κ2) is 7.11. The number of piperidine rings is 1. The predicted octanol–water partition coefficient (Wildman–Crippen LogP) is 1.88. The van der Waals surface area contributed by atoms with E-state index in [9.17, 15) is 14.7 Å². The van der Waals surface area contributed by atoms with Crippen LogP contribution in [0.25, 0.3) is 0 Å². The van der Waals surface area contributed by atoms with E-state index < -0.39 is 6.04 Å². The maximum Gasteiger partial charge on any atom is 0.328 e. The van der Waals surface area contributed by atoms with Gasteiger partial charge in [0.15, 0.2) is 0 Å². The van der Waals surface area contributed by atoms with Crippen molar-refractivity contribution in [2.45, 2.75) is 38.6 Å². The molecule has 0 aliphatic carbocycles. The number of likely N-dealkylation sites (tertiary alicyclic amines) is 1. The first kappa shape index (κ1) is 15.4. The summed E-state index contributed by atoms with van der Waals surface area (Å²) < 4.78 is 5.05. The molecule has 0 radical (unpaired) electrons. The van der Waals surface area contributed by atoms with Crippen LogP contribution in [0.3, 0.4) is 0 Å². The van der Waals surface area contributed by atoms with Gasteiger partial charge in [-0.2, -0.15) is 0 Å². The lowest BCUT2D eigenvalue weighted by atomic mass is 10.0. The Hall–Kier alpha value is -2.04. The van der Waals surface area contributed by atoms with Crippen molar-refractivity contribution < 1.29 is 19.4 Å². The van der Waals surface area contributed by atoms with Gasteiger partial charge in [-0.25, -0.2) is 4.79 Å². The minimum atomic E-state index is -0.489. The molecule has 0 spiro atoms. The monoisotopic (exact) mass is 291 g/mol. The van der Waals surface area contributed by atoms with Crippen LogP contribution in [0.1, 0.15) is 31.7 Å². The van der Waals surface area contributed by atoms with Gasteiger partial charge in [0.2, 0.25) is 5.91 Å². The predicted molar refractivity (Wildman–Crippen MR) is 77.8 cm³/mol. The normalized spacial score (nSPS) is 18.3. The second-order valence-electron chi connectivity index (χ2n) is 5.16. The van der Waals surface area contributed by atoms with Crippen molar-refractivity contribution in [2.75, 3.05) is 13.2 Å². The van der Waals surface area contributed by atoms with Crippen LogP contribution in [-0.4, -0.2) is 41.1 Å². The molecule has 2 rings (SSSR count). The van der Waals surface area contributed by atoms with Crippen molar-refractivity contribution in [3.8, 4) is 5.75 Å². The summed E-state index contributed by atoms with van der Waals surface area (Å²) in [6.07, 6.45) is 2.56. The molecule has 1 amide bonds. The number of ether oxygens (including phenoxy) is 1. The van der Waals surface area contributed by atoms with Crippen LogP contribution < -0.4 is 0 Å². The number of carbonyl (C=O) groups is 2. The van der Waals surface area contributed by atoms with Crippen LogP contribution >= 0.6 is 0 Å². The molecule has 1 aromatic carbocycles. The standard InChI is InChI=1S/C16H21NO4/c1-2-21-16(20)13-8-5-6-10-17(13)15(19)11-12-7-3-4-9-14(12)18/h3-4,7,9,13,18H,2,5-6,8,10-11H2,1H3. The smallest absolute Gasteiger partial charge is 0.328 e. The average molecular weight is 291 g/mol. The van der Waals surface area contributed by atoms with E-state index in [-0.39, 0.29) is 24.0 Å². The highest BCUT2D eigenvalue weighted by molar-refractivity contribution is 5.86. The first-order valence-corrected chi connectivity index (χ1v) is 7.36. The van der Waals surface area contributed by atoms with Gasteiger partial charge < -0.3 is 14.7 Å². The zero-order valence-electron chi connectivity index (χ0n) is 12.2. The topological polar surface area (TPSA) is 66.8 Å². The Balaban J connectivity index is 2.08. The second-order valence-corrected chi connectivity index (χ2v) is 5.16. The highest BCUT2D eigenvalue weighted by Gasteiger charge is 2.33. The number of hydrogen-bond acceptors (Lipinski definition) is 4. The molecule has 0 saturated carbocycles. The fraction of sp³-hybridized carbons (Fsp3) is 0.500. The maximum atomic E-state index is 12.4. The number of esters is 1. The van der Waals surface area contributed by atoms with Crippen molar-refractivity contribution in [1.82, 2.24) is 4.90 Å². The summed E-state index contributed by atoms with van der Waals surface area (Å²) in [6.45, 7) is 2.64. The van der Waals surface area contributed by atoms with Gasteiger partial charge in [-0.3, -0.25) is 4.79 Å². The summed E-state index contributed by atoms with van der Waals surface area (Å²) in [5.41, 5.74) is 0.579. The van der Waals surface area contributed by atoms with E-state index >= 15 is 0 Å². The molecule has 1 N–H and O–H groups in total. The van der Waals surface area contributed by atoms with E-state index in [0.717, 1.165) is 12.8 Å². The molecule has 1 saturated heterocycles. The minimum absolute atomic E-state index is 0.0998. The van der Waals surface area contributed by atoms with E-state index in [1.165, 1.54) is 0 Å². The molecule has 1 fully saturated rings. The third-order valence-corrected chi connectivity index (χ3v) is 3.72. The van der Waals surface area contributed by atoms with E-state index in [0.29, 0.717) is 25.1 Å². The summed E-state index contributed by atoms with van der Waals surface area (Å²) in [5.74, 6) is -0.368. The van der Waals surface area contributed by atoms with Crippen LogP contribution in [0.2, 0.25) is 0 Å². The molecule has 0 bridgehead atoms. The van der Waals surface area contributed by atoms with Crippen LogP contribution in [0, 0.1) is 0 Å². The number of nitrogens with zero attached hydrogens (tertiary/aromatic N) is 1. The quantitative estimate of drug-likeness (QED) is 0.860. The zero-order valence-corrected chi connectivity index (χ0v) is 12.2. The number of carbonyl (C=O) groups excluding carboxylic acids is 2. The Kier molecular flexibility index (Phi) is 5.20. The van der Waals surface area contributed by atoms with Gasteiger partial charge in [0.1, 0.15) is 11.8 Å². The first-order valence-electron chi connectivity index (χ1n) is 7.36. The lowest BCUT2D eigenvalue weighted by Gasteiger charge is -2.34. The third kappa shape index (κ3) is 3.74. The summed E-state index contributed by atoms with van der Waals surface area (Å²) in [7, 11) is 0. The summed E-state index contributed by atoms with van der Waals surface area (Å²) in [5, 5.41) is 9.75. The van der Waals surface area contributed by atoms with Crippen LogP contribution in [-0.2, 0) is 20.7 Å². The molecule has 1 aromatic rings. The van der Waals surface area contributed by atoms with Crippen molar-refractivity contribution in [3.05, 3.63) is 29.8 Å². The van der Waals surface area contributed by atoms with Crippen LogP contribution in [0.5, 0.6) is 5.75 Å². The number of amides is 1. The van der Waals surface area contributed by atoms with E-state index in [2.05, 4.69) is 0 Å². The minimum Gasteiger partial charge on any atom is -0.508 e. The highest BCUT2D eigenvalue weighted by Crippen LogP contribution is 2.22. The average Bonchev–Trinajstić information content (AvgIpc) is 2.50. The van der Waals surface area contributed by atoms with Crippen molar-refractivity contribution in [1.29, 1.82) is 0 Å². The van der Waals surface area contributed by atoms with Crippen LogP contribution in [0.15, 0.2) is 24.3 Å². The fourth-order valence-electron chi connectivity index (χ4n) is 2.64. The van der Waals surface area contributed by atoms with E-state index in [1.807, 2.05) is 0 Å². The number of aromatic hydroxyl groups is 1. The Morgan fingerprint density at radius 3 is 2.81 bits per heavy atom. The highest BCUT2D eigenvalue weighted by atomic mass is 16.5. The molecule has 1 aliphatic heterocycles. The lowest BCUT2D eigenvalue weighted by molar-refractivity contribution is -0.156. The molecule has 114 valence electrons. The van der Waals surface area contributed by atoms with Gasteiger partial charge in [0.05, 0.1) is 13.0 Å². The molecule has 1 atom stereocenters. The van der Waals surface area contributed by atoms with Gasteiger partial charge >= 0.3 is 5.97 Å². The van der Waals surface area contributed by atoms with Crippen molar-refractivity contribution >= 4 is 11.9 Å². The Labute approximate surface area is 124 Å². The molecular weight excluding hydrogens is 270 g/mol. The van der Waals surface area contributed by atoms with Gasteiger partial charge in [-0.15, -0.1) is 0 Å². The third-order valence-electron chi connectivity index (χ3n) is 3.72. The fourth-order valence-corrected chi connectivity index (χ4v) is 2.64. The Bertz CT molecular complexity index is 515. The number of phenols is 1. The molecule has 21 heavy (non-hydrogen) atoms. The van der Waals surface area contributed by atoms with Crippen LogP contribution in [0.4, 0.5) is 0 Å². The number of rotatable bonds is 4. The van der Waals surface area contributed by atoms with Crippen molar-refractivity contribution in [2.24, 2.45) is 0 Å². The lowest BCUT2D eigenvalue weighted by Crippen LogP contribution is -2.49. The van der Waals surface area contributed by atoms with Gasteiger partial charge in [0, 0.05) is 12.1 Å². The number of benzene rings is 1. The summed E-state index contributed by atoms with van der Waals surface area (Å²) >= 11 is 0. The van der Waals surface area contributed by atoms with Gasteiger partial charge in [-0.1, -0.05) is 18.2 Å². The number of phenolic OH excluding ortho intramolecular Hbond substituents is 1. The van der Waals surface area contributed by atoms with Gasteiger partial charge in [0.25, 0.3) is 0 Å². The number of para-hydroxylation sites is 1. The first-order chi connectivity index (χ1) is 10.1. The SMILES string of the molecule is CCOC(=O)C1CCCCN1C(=O)Cc1ccccc1O. The van der Waals surface area contributed by atoms with E-state index in [4.69, 9.17) is 4.74 Å². The molecular formula is C16H21NO4. The summed E-state index contributed by atoms with van der Waals surface area (Å²) in [4.78, 5) is 26.0. The molecule has 0 aromatic heterocycles. The molecule has 5 heteroatoms.